The maximum Gasteiger partial charge on any atom is 0.160 e. The number of hydrogen-bond acceptors (Lipinski definition) is 5. The molecule has 0 N–H and O–H groups in total. The number of nitrogens with zero attached hydrogens (tertiary/aromatic N) is 5. The molecule has 0 radical (unpaired) electrons. The van der Waals surface area contributed by atoms with Gasteiger partial charge in [-0.15, -0.1) is 0 Å². The van der Waals surface area contributed by atoms with E-state index < -0.39 is 0 Å². The molecular formula is C50H39N5. The predicted molar refractivity (Wildman–Crippen MR) is 222 cm³/mol. The van der Waals surface area contributed by atoms with Crippen molar-refractivity contribution in [3.63, 3.8) is 0 Å². The van der Waals surface area contributed by atoms with Crippen molar-refractivity contribution in [2.75, 3.05) is 0 Å². The largest absolute Gasteiger partial charge is 0.256 e. The molecule has 55 heavy (non-hydrogen) atoms. The Kier molecular flexibility index (Phi) is 8.40. The second-order valence-electron chi connectivity index (χ2n) is 15.0. The van der Waals surface area contributed by atoms with E-state index in [1.165, 1.54) is 37.7 Å². The third-order valence-electron chi connectivity index (χ3n) is 11.6. The average molecular weight is 710 g/mol. The monoisotopic (exact) mass is 709 g/mol. The van der Waals surface area contributed by atoms with Crippen molar-refractivity contribution in [1.29, 1.82) is 0 Å². The Morgan fingerprint density at radius 2 is 0.855 bits per heavy atom. The van der Waals surface area contributed by atoms with Crippen molar-refractivity contribution in [2.45, 2.75) is 37.5 Å². The van der Waals surface area contributed by atoms with Gasteiger partial charge in [-0.1, -0.05) is 127 Å². The lowest BCUT2D eigenvalue weighted by Gasteiger charge is -2.27. The topological polar surface area (TPSA) is 64.5 Å². The second kappa shape index (κ2) is 14.0. The number of fused-ring (bicyclic) bond motifs is 2. The van der Waals surface area contributed by atoms with E-state index in [4.69, 9.17) is 19.9 Å². The Morgan fingerprint density at radius 3 is 1.44 bits per heavy atom. The van der Waals surface area contributed by atoms with Gasteiger partial charge in [0.05, 0.1) is 28.5 Å². The Morgan fingerprint density at radius 1 is 0.382 bits per heavy atom. The van der Waals surface area contributed by atoms with E-state index in [9.17, 15) is 0 Å². The van der Waals surface area contributed by atoms with Crippen LogP contribution >= 0.6 is 0 Å². The van der Waals surface area contributed by atoms with Gasteiger partial charge in [-0.3, -0.25) is 4.98 Å². The van der Waals surface area contributed by atoms with E-state index in [1.54, 1.807) is 0 Å². The van der Waals surface area contributed by atoms with Crippen molar-refractivity contribution in [3.05, 3.63) is 176 Å². The molecule has 2 aliphatic rings. The van der Waals surface area contributed by atoms with Crippen LogP contribution in [0.2, 0.25) is 0 Å². The first-order chi connectivity index (χ1) is 27.2. The third-order valence-corrected chi connectivity index (χ3v) is 11.6. The Balaban J connectivity index is 1.04. The van der Waals surface area contributed by atoms with Gasteiger partial charge < -0.3 is 0 Å². The summed E-state index contributed by atoms with van der Waals surface area (Å²) in [7, 11) is 0. The summed E-state index contributed by atoms with van der Waals surface area (Å²) in [6.45, 7) is 0. The summed E-state index contributed by atoms with van der Waals surface area (Å²) in [5.74, 6) is 2.28. The second-order valence-corrected chi connectivity index (χ2v) is 15.0. The zero-order chi connectivity index (χ0) is 36.6. The zero-order valence-electron chi connectivity index (χ0n) is 30.5. The molecular weight excluding hydrogens is 671 g/mol. The van der Waals surface area contributed by atoms with Gasteiger partial charge in [-0.05, 0) is 85.4 Å². The highest BCUT2D eigenvalue weighted by atomic mass is 14.9. The first-order valence-electron chi connectivity index (χ1n) is 19.3. The first kappa shape index (κ1) is 33.0. The molecule has 0 amide bonds. The summed E-state index contributed by atoms with van der Waals surface area (Å²) in [6, 6.07) is 56.8. The van der Waals surface area contributed by atoms with Crippen molar-refractivity contribution < 1.29 is 0 Å². The van der Waals surface area contributed by atoms with Crippen LogP contribution in [0.25, 0.3) is 79.1 Å². The van der Waals surface area contributed by atoms with E-state index in [2.05, 4.69) is 114 Å². The van der Waals surface area contributed by atoms with Crippen LogP contribution in [0.4, 0.5) is 0 Å². The SMILES string of the molecule is c1ccc(-c2cc(-c3cccc(-c4ccccn4)c3)nc(-c3ccc(-c4cc(-c5cccc(C67CCC(CC6)C7)c5)nc(-c5ccccc5)n4)cc3)n2)cc1. The molecule has 10 rings (SSSR count). The standard InChI is InChI=1S/C50H39N5/c1-3-11-35(12-4-1)44-31-46(40-16-9-15-39(29-40)43-19-7-8-28-51-43)54-49(52-44)38-22-20-36(21-23-38)45-32-47(55-48(53-45)37-13-5-2-6-14-37)41-17-10-18-42(30-41)50-26-24-34(33-50)25-27-50/h1-23,28-32,34H,24-27,33H2. The number of rotatable bonds is 8. The van der Waals surface area contributed by atoms with Crippen LogP contribution in [0.3, 0.4) is 0 Å². The lowest BCUT2D eigenvalue weighted by Crippen LogP contribution is -2.19. The fourth-order valence-electron chi connectivity index (χ4n) is 8.71. The van der Waals surface area contributed by atoms with Gasteiger partial charge >= 0.3 is 0 Å². The number of hydrogen-bond donors (Lipinski definition) is 0. The predicted octanol–water partition coefficient (Wildman–Crippen LogP) is 12.2. The molecule has 2 aliphatic carbocycles. The van der Waals surface area contributed by atoms with Crippen LogP contribution in [-0.4, -0.2) is 24.9 Å². The molecule has 5 nitrogen and oxygen atoms in total. The molecule has 3 heterocycles. The molecule has 2 bridgehead atoms. The summed E-state index contributed by atoms with van der Waals surface area (Å²) in [6.07, 6.45) is 8.47. The smallest absolute Gasteiger partial charge is 0.160 e. The summed E-state index contributed by atoms with van der Waals surface area (Å²) < 4.78 is 0. The van der Waals surface area contributed by atoms with Crippen molar-refractivity contribution in [3.8, 4) is 79.1 Å². The van der Waals surface area contributed by atoms with Gasteiger partial charge in [0.2, 0.25) is 0 Å². The van der Waals surface area contributed by atoms with Gasteiger partial charge in [-0.25, -0.2) is 19.9 Å². The Hall–Kier alpha value is -6.59. The molecule has 0 spiro atoms. The summed E-state index contributed by atoms with van der Waals surface area (Å²) >= 11 is 0. The molecule has 0 saturated heterocycles. The van der Waals surface area contributed by atoms with Gasteiger partial charge in [-0.2, -0.15) is 0 Å². The number of benzene rings is 5. The van der Waals surface area contributed by atoms with Crippen LogP contribution < -0.4 is 0 Å². The van der Waals surface area contributed by atoms with Gasteiger partial charge in [0.15, 0.2) is 11.6 Å². The number of aromatic nitrogens is 5. The molecule has 0 aliphatic heterocycles. The average Bonchev–Trinajstić information content (AvgIpc) is 3.91. The molecule has 0 unspecified atom stereocenters. The molecule has 8 aromatic rings. The number of pyridine rings is 1. The van der Waals surface area contributed by atoms with Crippen LogP contribution in [0.15, 0.2) is 170 Å². The van der Waals surface area contributed by atoms with Gasteiger partial charge in [0.1, 0.15) is 0 Å². The van der Waals surface area contributed by atoms with Crippen molar-refractivity contribution >= 4 is 0 Å². The van der Waals surface area contributed by atoms with E-state index in [1.807, 2.05) is 60.8 Å². The minimum Gasteiger partial charge on any atom is -0.256 e. The maximum absolute atomic E-state index is 5.16. The van der Waals surface area contributed by atoms with Crippen LogP contribution in [0, 0.1) is 5.92 Å². The summed E-state index contributed by atoms with van der Waals surface area (Å²) in [5.41, 5.74) is 13.4. The van der Waals surface area contributed by atoms with E-state index in [-0.39, 0.29) is 0 Å². The van der Waals surface area contributed by atoms with Gasteiger partial charge in [0, 0.05) is 45.1 Å². The Labute approximate surface area is 321 Å². The summed E-state index contributed by atoms with van der Waals surface area (Å²) in [4.78, 5) is 25.1. The maximum atomic E-state index is 5.16. The zero-order valence-corrected chi connectivity index (χ0v) is 30.5. The van der Waals surface area contributed by atoms with Crippen molar-refractivity contribution in [2.24, 2.45) is 5.92 Å². The molecule has 264 valence electrons. The van der Waals surface area contributed by atoms with E-state index in [0.717, 1.165) is 79.2 Å². The molecule has 3 aromatic heterocycles. The lowest BCUT2D eigenvalue weighted by molar-refractivity contribution is 0.419. The van der Waals surface area contributed by atoms with Crippen LogP contribution in [0.5, 0.6) is 0 Å². The normalized spacial score (nSPS) is 17.3. The fourth-order valence-corrected chi connectivity index (χ4v) is 8.71. The highest BCUT2D eigenvalue weighted by molar-refractivity contribution is 5.77. The third kappa shape index (κ3) is 6.52. The molecule has 2 saturated carbocycles. The highest BCUT2D eigenvalue weighted by Crippen LogP contribution is 2.55. The van der Waals surface area contributed by atoms with E-state index in [0.29, 0.717) is 11.2 Å². The molecule has 5 aromatic carbocycles. The highest BCUT2D eigenvalue weighted by Gasteiger charge is 2.45. The fraction of sp³-hybridized carbons (Fsp3) is 0.140. The van der Waals surface area contributed by atoms with Crippen LogP contribution in [-0.2, 0) is 5.41 Å². The Bertz CT molecular complexity index is 2610. The quantitative estimate of drug-likeness (QED) is 0.157. The summed E-state index contributed by atoms with van der Waals surface area (Å²) in [5, 5.41) is 0. The minimum absolute atomic E-state index is 0.330. The van der Waals surface area contributed by atoms with Crippen LogP contribution in [0.1, 0.15) is 37.7 Å². The minimum atomic E-state index is 0.330. The first-order valence-corrected chi connectivity index (χ1v) is 19.3. The lowest BCUT2D eigenvalue weighted by atomic mass is 9.77. The van der Waals surface area contributed by atoms with Crippen molar-refractivity contribution in [1.82, 2.24) is 24.9 Å². The molecule has 0 atom stereocenters. The van der Waals surface area contributed by atoms with E-state index >= 15 is 0 Å². The molecule has 5 heteroatoms. The van der Waals surface area contributed by atoms with Gasteiger partial charge in [0.25, 0.3) is 0 Å². The molecule has 2 fully saturated rings.